The number of carbonyl (C=O) groups excluding carboxylic acids is 1. The number of carbonyl (C=O) groups is 1. The largest absolute Gasteiger partial charge is 0.491 e. The molecule has 2 heterocycles. The Balaban J connectivity index is 1.62. The van der Waals surface area contributed by atoms with Gasteiger partial charge in [-0.2, -0.15) is 0 Å². The number of rotatable bonds is 4. The normalized spacial score (nSPS) is 22.8. The van der Waals surface area contributed by atoms with Crippen LogP contribution in [0.15, 0.2) is 24.3 Å². The molecule has 0 N–H and O–H groups in total. The van der Waals surface area contributed by atoms with Crippen LogP contribution in [0.3, 0.4) is 0 Å². The lowest BCUT2D eigenvalue weighted by Crippen LogP contribution is -2.53. The topological polar surface area (TPSA) is 42.0 Å². The van der Waals surface area contributed by atoms with E-state index in [0.717, 1.165) is 51.1 Å². The zero-order valence-electron chi connectivity index (χ0n) is 16.5. The molecule has 144 valence electrons. The van der Waals surface area contributed by atoms with Crippen LogP contribution in [0.5, 0.6) is 5.75 Å². The second-order valence-electron chi connectivity index (χ2n) is 8.13. The summed E-state index contributed by atoms with van der Waals surface area (Å²) in [4.78, 5) is 17.2. The first-order valence-corrected chi connectivity index (χ1v) is 9.75. The molecule has 0 radical (unpaired) electrons. The highest BCUT2D eigenvalue weighted by Crippen LogP contribution is 2.36. The van der Waals surface area contributed by atoms with Crippen molar-refractivity contribution in [1.82, 2.24) is 9.80 Å². The van der Waals surface area contributed by atoms with Crippen molar-refractivity contribution in [3.63, 3.8) is 0 Å². The summed E-state index contributed by atoms with van der Waals surface area (Å²) in [5, 5.41) is 0. The van der Waals surface area contributed by atoms with Crippen molar-refractivity contribution < 1.29 is 14.3 Å². The second-order valence-corrected chi connectivity index (χ2v) is 8.13. The maximum atomic E-state index is 12.9. The van der Waals surface area contributed by atoms with E-state index >= 15 is 0 Å². The lowest BCUT2D eigenvalue weighted by Gasteiger charge is -2.47. The minimum atomic E-state index is -0.0490. The highest BCUT2D eigenvalue weighted by Gasteiger charge is 2.41. The zero-order chi connectivity index (χ0) is 18.7. The van der Waals surface area contributed by atoms with Crippen molar-refractivity contribution in [2.45, 2.75) is 57.3 Å². The predicted molar refractivity (Wildman–Crippen MR) is 103 cm³/mol. The van der Waals surface area contributed by atoms with E-state index in [4.69, 9.17) is 9.47 Å². The fraction of sp³-hybridized carbons (Fsp3) is 0.667. The first-order valence-electron chi connectivity index (χ1n) is 9.75. The van der Waals surface area contributed by atoms with Gasteiger partial charge in [0.05, 0.1) is 11.7 Å². The van der Waals surface area contributed by atoms with E-state index in [9.17, 15) is 4.79 Å². The van der Waals surface area contributed by atoms with Crippen molar-refractivity contribution in [3.05, 3.63) is 29.8 Å². The van der Waals surface area contributed by atoms with Gasteiger partial charge < -0.3 is 19.3 Å². The molecule has 2 saturated heterocycles. The number of likely N-dealkylation sites (tertiary alicyclic amines) is 1. The minimum absolute atomic E-state index is 0.0490. The summed E-state index contributed by atoms with van der Waals surface area (Å²) in [5.41, 5.74) is 0.655. The minimum Gasteiger partial charge on any atom is -0.491 e. The van der Waals surface area contributed by atoms with Crippen LogP contribution >= 0.6 is 0 Å². The molecule has 1 spiro atoms. The van der Waals surface area contributed by atoms with Crippen LogP contribution in [0.1, 0.15) is 49.9 Å². The fourth-order valence-corrected chi connectivity index (χ4v) is 4.07. The molecular formula is C21H32N2O3. The highest BCUT2D eigenvalue weighted by molar-refractivity contribution is 5.94. The van der Waals surface area contributed by atoms with Crippen molar-refractivity contribution >= 4 is 5.91 Å². The Hall–Kier alpha value is -1.59. The maximum absolute atomic E-state index is 12.9. The molecule has 3 rings (SSSR count). The maximum Gasteiger partial charge on any atom is 0.253 e. The van der Waals surface area contributed by atoms with Crippen LogP contribution in [0, 0.1) is 0 Å². The number of benzene rings is 1. The molecule has 0 saturated carbocycles. The second kappa shape index (κ2) is 7.97. The molecule has 0 aromatic heterocycles. The summed E-state index contributed by atoms with van der Waals surface area (Å²) >= 11 is 0. The molecule has 1 amide bonds. The Morgan fingerprint density at radius 1 is 1.31 bits per heavy atom. The van der Waals surface area contributed by atoms with Crippen molar-refractivity contribution in [1.29, 1.82) is 0 Å². The first kappa shape index (κ1) is 19.2. The average Bonchev–Trinajstić information content (AvgIpc) is 2.61. The van der Waals surface area contributed by atoms with Gasteiger partial charge in [-0.25, -0.2) is 0 Å². The van der Waals surface area contributed by atoms with Gasteiger partial charge in [-0.15, -0.1) is 0 Å². The SMILES string of the molecule is CC(C)Oc1cccc(C(=O)N2CCC3(CC2)CC(N(C)C)CCO3)c1. The first-order chi connectivity index (χ1) is 12.4. The van der Waals surface area contributed by atoms with Crippen LogP contribution in [0.4, 0.5) is 0 Å². The van der Waals surface area contributed by atoms with Gasteiger partial charge in [0.15, 0.2) is 0 Å². The van der Waals surface area contributed by atoms with Gasteiger partial charge in [0.1, 0.15) is 5.75 Å². The van der Waals surface area contributed by atoms with Crippen LogP contribution in [-0.4, -0.2) is 67.2 Å². The zero-order valence-corrected chi connectivity index (χ0v) is 16.5. The highest BCUT2D eigenvalue weighted by atomic mass is 16.5. The Morgan fingerprint density at radius 2 is 2.04 bits per heavy atom. The summed E-state index contributed by atoms with van der Waals surface area (Å²) in [7, 11) is 4.29. The van der Waals surface area contributed by atoms with E-state index in [-0.39, 0.29) is 17.6 Å². The molecular weight excluding hydrogens is 328 g/mol. The molecule has 1 aromatic carbocycles. The molecule has 5 nitrogen and oxygen atoms in total. The van der Waals surface area contributed by atoms with E-state index in [0.29, 0.717) is 11.6 Å². The van der Waals surface area contributed by atoms with E-state index < -0.39 is 0 Å². The van der Waals surface area contributed by atoms with Crippen LogP contribution in [0.2, 0.25) is 0 Å². The third-order valence-electron chi connectivity index (χ3n) is 5.61. The lowest BCUT2D eigenvalue weighted by atomic mass is 9.82. The van der Waals surface area contributed by atoms with Crippen molar-refractivity contribution in [2.75, 3.05) is 33.8 Å². The van der Waals surface area contributed by atoms with Gasteiger partial charge in [-0.1, -0.05) is 6.07 Å². The average molecular weight is 360 g/mol. The smallest absolute Gasteiger partial charge is 0.253 e. The quantitative estimate of drug-likeness (QED) is 0.827. The Labute approximate surface area is 157 Å². The number of ether oxygens (including phenoxy) is 2. The Morgan fingerprint density at radius 3 is 2.69 bits per heavy atom. The predicted octanol–water partition coefficient (Wildman–Crippen LogP) is 3.19. The molecule has 1 atom stereocenters. The fourth-order valence-electron chi connectivity index (χ4n) is 4.07. The molecule has 2 aliphatic rings. The number of hydrogen-bond donors (Lipinski definition) is 0. The molecule has 0 bridgehead atoms. The third kappa shape index (κ3) is 4.38. The Bertz CT molecular complexity index is 621. The van der Waals surface area contributed by atoms with Crippen molar-refractivity contribution in [3.8, 4) is 5.75 Å². The van der Waals surface area contributed by atoms with Gasteiger partial charge in [-0.3, -0.25) is 4.79 Å². The molecule has 1 aromatic rings. The van der Waals surface area contributed by atoms with Crippen molar-refractivity contribution in [2.24, 2.45) is 0 Å². The van der Waals surface area contributed by atoms with Crippen LogP contribution < -0.4 is 4.74 Å². The number of amides is 1. The molecule has 1 unspecified atom stereocenters. The molecule has 0 aliphatic carbocycles. The van der Waals surface area contributed by atoms with E-state index in [1.807, 2.05) is 43.0 Å². The monoisotopic (exact) mass is 360 g/mol. The van der Waals surface area contributed by atoms with Gasteiger partial charge in [-0.05, 0) is 71.8 Å². The number of piperidine rings is 1. The molecule has 2 aliphatic heterocycles. The molecule has 26 heavy (non-hydrogen) atoms. The van der Waals surface area contributed by atoms with Crippen LogP contribution in [0.25, 0.3) is 0 Å². The van der Waals surface area contributed by atoms with Gasteiger partial charge in [0.25, 0.3) is 5.91 Å². The molecule has 5 heteroatoms. The summed E-state index contributed by atoms with van der Waals surface area (Å²) in [6.07, 6.45) is 4.11. The summed E-state index contributed by atoms with van der Waals surface area (Å²) in [6, 6.07) is 8.10. The molecule has 2 fully saturated rings. The van der Waals surface area contributed by atoms with Gasteiger partial charge >= 0.3 is 0 Å². The van der Waals surface area contributed by atoms with E-state index in [1.165, 1.54) is 0 Å². The number of hydrogen-bond acceptors (Lipinski definition) is 4. The van der Waals surface area contributed by atoms with E-state index in [2.05, 4.69) is 19.0 Å². The number of nitrogens with zero attached hydrogens (tertiary/aromatic N) is 2. The standard InChI is InChI=1S/C21H32N2O3/c1-16(2)26-19-7-5-6-17(14-19)20(24)23-11-9-21(10-12-23)15-18(22(3)4)8-13-25-21/h5-7,14,16,18H,8-13,15H2,1-4H3. The van der Waals surface area contributed by atoms with E-state index in [1.54, 1.807) is 0 Å². The summed E-state index contributed by atoms with van der Waals surface area (Å²) in [6.45, 7) is 6.32. The third-order valence-corrected chi connectivity index (χ3v) is 5.61. The lowest BCUT2D eigenvalue weighted by molar-refractivity contribution is -0.125. The summed E-state index contributed by atoms with van der Waals surface area (Å²) in [5.74, 6) is 0.845. The summed E-state index contributed by atoms with van der Waals surface area (Å²) < 4.78 is 11.9. The Kier molecular flexibility index (Phi) is 5.88. The van der Waals surface area contributed by atoms with Gasteiger partial charge in [0, 0.05) is 31.3 Å². The van der Waals surface area contributed by atoms with Gasteiger partial charge in [0.2, 0.25) is 0 Å². The van der Waals surface area contributed by atoms with Crippen LogP contribution in [-0.2, 0) is 4.74 Å².